The van der Waals surface area contributed by atoms with Crippen LogP contribution in [0.25, 0.3) is 0 Å². The SMILES string of the molecule is CN(C)CC1CCCN1c1cc(Cl)ccc1C(=O)O. The van der Waals surface area contributed by atoms with Crippen LogP contribution in [0.1, 0.15) is 23.2 Å². The van der Waals surface area contributed by atoms with E-state index in [4.69, 9.17) is 11.6 Å². The number of rotatable bonds is 4. The van der Waals surface area contributed by atoms with Crippen molar-refractivity contribution in [1.82, 2.24) is 4.90 Å². The van der Waals surface area contributed by atoms with Crippen LogP contribution in [0.2, 0.25) is 5.02 Å². The van der Waals surface area contributed by atoms with E-state index in [0.29, 0.717) is 16.6 Å². The highest BCUT2D eigenvalue weighted by molar-refractivity contribution is 6.31. The van der Waals surface area contributed by atoms with E-state index in [-0.39, 0.29) is 0 Å². The molecule has 1 unspecified atom stereocenters. The Morgan fingerprint density at radius 3 is 2.89 bits per heavy atom. The molecule has 0 aliphatic carbocycles. The molecule has 0 bridgehead atoms. The lowest BCUT2D eigenvalue weighted by Gasteiger charge is -2.30. The Hall–Kier alpha value is -1.26. The minimum atomic E-state index is -0.901. The highest BCUT2D eigenvalue weighted by Gasteiger charge is 2.28. The van der Waals surface area contributed by atoms with Gasteiger partial charge in [-0.1, -0.05) is 11.6 Å². The van der Waals surface area contributed by atoms with Crippen molar-refractivity contribution in [2.24, 2.45) is 0 Å². The largest absolute Gasteiger partial charge is 0.478 e. The van der Waals surface area contributed by atoms with Gasteiger partial charge in [-0.05, 0) is 45.1 Å². The molecule has 0 spiro atoms. The fraction of sp³-hybridized carbons (Fsp3) is 0.500. The Morgan fingerprint density at radius 1 is 1.53 bits per heavy atom. The second-order valence-corrected chi connectivity index (χ2v) is 5.65. The maximum atomic E-state index is 11.3. The summed E-state index contributed by atoms with van der Waals surface area (Å²) in [5.74, 6) is -0.901. The molecule has 19 heavy (non-hydrogen) atoms. The third-order valence-electron chi connectivity index (χ3n) is 3.45. The molecule has 1 heterocycles. The average molecular weight is 283 g/mol. The van der Waals surface area contributed by atoms with E-state index >= 15 is 0 Å². The van der Waals surface area contributed by atoms with E-state index in [2.05, 4.69) is 9.80 Å². The van der Waals surface area contributed by atoms with Gasteiger partial charge in [0.1, 0.15) is 0 Å². The third-order valence-corrected chi connectivity index (χ3v) is 3.69. The number of hydrogen-bond donors (Lipinski definition) is 1. The van der Waals surface area contributed by atoms with Gasteiger partial charge < -0.3 is 14.9 Å². The number of carboxylic acid groups (broad SMARTS) is 1. The summed E-state index contributed by atoms with van der Waals surface area (Å²) in [4.78, 5) is 15.6. The molecule has 2 rings (SSSR count). The van der Waals surface area contributed by atoms with Crippen LogP contribution >= 0.6 is 11.6 Å². The second kappa shape index (κ2) is 5.80. The minimum absolute atomic E-state index is 0.329. The summed E-state index contributed by atoms with van der Waals surface area (Å²) < 4.78 is 0. The van der Waals surface area contributed by atoms with Crippen LogP contribution in [0, 0.1) is 0 Å². The Bertz CT molecular complexity index is 477. The van der Waals surface area contributed by atoms with Crippen molar-refractivity contribution < 1.29 is 9.90 Å². The summed E-state index contributed by atoms with van der Waals surface area (Å²) in [5, 5.41) is 9.88. The Morgan fingerprint density at radius 2 is 2.26 bits per heavy atom. The number of nitrogens with zero attached hydrogens (tertiary/aromatic N) is 2. The summed E-state index contributed by atoms with van der Waals surface area (Å²) in [7, 11) is 4.07. The fourth-order valence-corrected chi connectivity index (χ4v) is 2.85. The van der Waals surface area contributed by atoms with Gasteiger partial charge >= 0.3 is 5.97 Å². The predicted molar refractivity (Wildman–Crippen MR) is 77.3 cm³/mol. The van der Waals surface area contributed by atoms with Crippen LogP contribution in [-0.4, -0.2) is 49.2 Å². The average Bonchev–Trinajstić information content (AvgIpc) is 2.75. The Labute approximate surface area is 118 Å². The molecule has 104 valence electrons. The van der Waals surface area contributed by atoms with E-state index in [1.54, 1.807) is 18.2 Å². The molecular weight excluding hydrogens is 264 g/mol. The summed E-state index contributed by atoms with van der Waals surface area (Å²) >= 11 is 6.02. The fourth-order valence-electron chi connectivity index (χ4n) is 2.69. The standard InChI is InChI=1S/C14H19ClN2O2/c1-16(2)9-11-4-3-7-17(11)13-8-10(15)5-6-12(13)14(18)19/h5-6,8,11H,3-4,7,9H2,1-2H3,(H,18,19). The predicted octanol–water partition coefficient (Wildman–Crippen LogP) is 2.57. The molecule has 1 aromatic rings. The van der Waals surface area contributed by atoms with Crippen LogP contribution in [0.3, 0.4) is 0 Å². The number of halogens is 1. The normalized spacial score (nSPS) is 19.2. The first kappa shape index (κ1) is 14.2. The molecule has 4 nitrogen and oxygen atoms in total. The first-order valence-corrected chi connectivity index (χ1v) is 6.81. The number of anilines is 1. The number of hydrogen-bond acceptors (Lipinski definition) is 3. The number of benzene rings is 1. The highest BCUT2D eigenvalue weighted by atomic mass is 35.5. The smallest absolute Gasteiger partial charge is 0.337 e. The maximum Gasteiger partial charge on any atom is 0.337 e. The van der Waals surface area contributed by atoms with E-state index in [1.807, 2.05) is 14.1 Å². The zero-order valence-electron chi connectivity index (χ0n) is 11.3. The molecule has 0 radical (unpaired) electrons. The van der Waals surface area contributed by atoms with Crippen molar-refractivity contribution in [3.8, 4) is 0 Å². The van der Waals surface area contributed by atoms with Crippen LogP contribution in [0.4, 0.5) is 5.69 Å². The Balaban J connectivity index is 2.34. The van der Waals surface area contributed by atoms with Gasteiger partial charge in [0, 0.05) is 24.2 Å². The van der Waals surface area contributed by atoms with Crippen LogP contribution < -0.4 is 4.90 Å². The van der Waals surface area contributed by atoms with Crippen LogP contribution in [0.15, 0.2) is 18.2 Å². The van der Waals surface area contributed by atoms with Crippen molar-refractivity contribution in [2.75, 3.05) is 32.1 Å². The molecule has 1 N–H and O–H groups in total. The molecule has 0 amide bonds. The topological polar surface area (TPSA) is 43.8 Å². The van der Waals surface area contributed by atoms with Crippen molar-refractivity contribution in [2.45, 2.75) is 18.9 Å². The van der Waals surface area contributed by atoms with E-state index < -0.39 is 5.97 Å². The van der Waals surface area contributed by atoms with Crippen LogP contribution in [0.5, 0.6) is 0 Å². The second-order valence-electron chi connectivity index (χ2n) is 5.22. The van der Waals surface area contributed by atoms with Crippen molar-refractivity contribution in [3.63, 3.8) is 0 Å². The van der Waals surface area contributed by atoms with Crippen molar-refractivity contribution >= 4 is 23.3 Å². The van der Waals surface area contributed by atoms with Crippen molar-refractivity contribution in [1.29, 1.82) is 0 Å². The molecule has 1 atom stereocenters. The third kappa shape index (κ3) is 3.19. The summed E-state index contributed by atoms with van der Waals surface area (Å²) in [6, 6.07) is 5.34. The van der Waals surface area contributed by atoms with Crippen LogP contribution in [-0.2, 0) is 0 Å². The lowest BCUT2D eigenvalue weighted by molar-refractivity contribution is 0.0697. The first-order valence-electron chi connectivity index (χ1n) is 6.43. The van der Waals surface area contributed by atoms with Gasteiger partial charge in [0.15, 0.2) is 0 Å². The summed E-state index contributed by atoms with van der Waals surface area (Å²) in [6.07, 6.45) is 2.17. The summed E-state index contributed by atoms with van der Waals surface area (Å²) in [5.41, 5.74) is 1.07. The highest BCUT2D eigenvalue weighted by Crippen LogP contribution is 2.31. The van der Waals surface area contributed by atoms with Gasteiger partial charge in [-0.25, -0.2) is 4.79 Å². The number of aromatic carboxylic acids is 1. The molecule has 1 aliphatic heterocycles. The first-order chi connectivity index (χ1) is 8.99. The Kier molecular flexibility index (Phi) is 4.32. The van der Waals surface area contributed by atoms with Gasteiger partial charge in [0.2, 0.25) is 0 Å². The van der Waals surface area contributed by atoms with E-state index in [0.717, 1.165) is 31.6 Å². The lowest BCUT2D eigenvalue weighted by atomic mass is 10.1. The molecule has 5 heteroatoms. The van der Waals surface area contributed by atoms with E-state index in [9.17, 15) is 9.90 Å². The zero-order chi connectivity index (χ0) is 14.0. The molecule has 0 saturated carbocycles. The molecular formula is C14H19ClN2O2. The number of carboxylic acids is 1. The summed E-state index contributed by atoms with van der Waals surface area (Å²) in [6.45, 7) is 1.81. The van der Waals surface area contributed by atoms with Gasteiger partial charge in [0.25, 0.3) is 0 Å². The molecule has 1 aliphatic rings. The number of carbonyl (C=O) groups is 1. The molecule has 1 saturated heterocycles. The molecule has 1 fully saturated rings. The zero-order valence-corrected chi connectivity index (χ0v) is 12.0. The van der Waals surface area contributed by atoms with Gasteiger partial charge in [-0.2, -0.15) is 0 Å². The number of likely N-dealkylation sites (N-methyl/N-ethyl adjacent to an activating group) is 1. The lowest BCUT2D eigenvalue weighted by Crippen LogP contribution is -2.38. The molecule has 1 aromatic carbocycles. The molecule has 0 aromatic heterocycles. The minimum Gasteiger partial charge on any atom is -0.478 e. The van der Waals surface area contributed by atoms with Gasteiger partial charge in [0.05, 0.1) is 11.3 Å². The van der Waals surface area contributed by atoms with Gasteiger partial charge in [-0.15, -0.1) is 0 Å². The quantitative estimate of drug-likeness (QED) is 0.922. The maximum absolute atomic E-state index is 11.3. The van der Waals surface area contributed by atoms with E-state index in [1.165, 1.54) is 0 Å². The van der Waals surface area contributed by atoms with Crippen molar-refractivity contribution in [3.05, 3.63) is 28.8 Å². The van der Waals surface area contributed by atoms with Gasteiger partial charge in [-0.3, -0.25) is 0 Å². The monoisotopic (exact) mass is 282 g/mol.